The molecule has 0 amide bonds. The molecule has 0 aromatic heterocycles. The number of allylic oxidation sites excluding steroid dienone is 1. The Bertz CT molecular complexity index is 341. The quantitative estimate of drug-likeness (QED) is 0.737. The van der Waals surface area contributed by atoms with Crippen LogP contribution in [0, 0.1) is 0 Å². The Kier molecular flexibility index (Phi) is 5.57. The Hall–Kier alpha value is -1.48. The van der Waals surface area contributed by atoms with E-state index >= 15 is 0 Å². The van der Waals surface area contributed by atoms with E-state index in [0.717, 1.165) is 24.3 Å². The summed E-state index contributed by atoms with van der Waals surface area (Å²) in [7, 11) is 5.28. The third kappa shape index (κ3) is 3.79. The van der Waals surface area contributed by atoms with Crippen molar-refractivity contribution in [3.63, 3.8) is 0 Å². The summed E-state index contributed by atoms with van der Waals surface area (Å²) >= 11 is 0. The molecule has 0 aliphatic carbocycles. The van der Waals surface area contributed by atoms with Gasteiger partial charge in [-0.15, -0.1) is 6.58 Å². The minimum Gasteiger partial charge on any atom is -0.497 e. The van der Waals surface area contributed by atoms with Crippen LogP contribution in [0.5, 0.6) is 11.5 Å². The molecule has 3 nitrogen and oxygen atoms in total. The molecule has 0 aliphatic heterocycles. The average molecular weight is 235 g/mol. The molecule has 0 radical (unpaired) electrons. The lowest BCUT2D eigenvalue weighted by Crippen LogP contribution is -2.16. The summed E-state index contributed by atoms with van der Waals surface area (Å²) < 4.78 is 10.5. The lowest BCUT2D eigenvalue weighted by atomic mass is 10.0. The van der Waals surface area contributed by atoms with Crippen LogP contribution >= 0.6 is 0 Å². The molecule has 17 heavy (non-hydrogen) atoms. The molecule has 3 heteroatoms. The number of benzene rings is 1. The largest absolute Gasteiger partial charge is 0.497 e. The van der Waals surface area contributed by atoms with E-state index in [9.17, 15) is 0 Å². The van der Waals surface area contributed by atoms with Crippen molar-refractivity contribution in [1.29, 1.82) is 0 Å². The van der Waals surface area contributed by atoms with Crippen LogP contribution < -0.4 is 14.8 Å². The van der Waals surface area contributed by atoms with Crippen molar-refractivity contribution in [2.24, 2.45) is 0 Å². The van der Waals surface area contributed by atoms with Gasteiger partial charge in [0.25, 0.3) is 0 Å². The van der Waals surface area contributed by atoms with Crippen LogP contribution in [-0.4, -0.2) is 21.3 Å². The second kappa shape index (κ2) is 6.97. The number of ether oxygens (including phenoxy) is 2. The van der Waals surface area contributed by atoms with Crippen molar-refractivity contribution < 1.29 is 9.47 Å². The average Bonchev–Trinajstić information content (AvgIpc) is 2.39. The minimum absolute atomic E-state index is 0.289. The normalized spacial score (nSPS) is 11.9. The summed E-state index contributed by atoms with van der Waals surface area (Å²) in [4.78, 5) is 0. The highest BCUT2D eigenvalue weighted by atomic mass is 16.5. The Morgan fingerprint density at radius 3 is 2.24 bits per heavy atom. The van der Waals surface area contributed by atoms with E-state index in [1.54, 1.807) is 14.2 Å². The maximum atomic E-state index is 5.27. The monoisotopic (exact) mass is 235 g/mol. The van der Waals surface area contributed by atoms with Gasteiger partial charge >= 0.3 is 0 Å². The number of rotatable bonds is 7. The highest BCUT2D eigenvalue weighted by molar-refractivity contribution is 5.39. The summed E-state index contributed by atoms with van der Waals surface area (Å²) in [5.41, 5.74) is 1.17. The first-order valence-corrected chi connectivity index (χ1v) is 5.76. The number of nitrogens with one attached hydrogen (secondary N) is 1. The van der Waals surface area contributed by atoms with Gasteiger partial charge in [-0.2, -0.15) is 0 Å². The van der Waals surface area contributed by atoms with Crippen LogP contribution in [0.2, 0.25) is 0 Å². The third-order valence-corrected chi connectivity index (χ3v) is 2.78. The van der Waals surface area contributed by atoms with Gasteiger partial charge in [-0.05, 0) is 37.6 Å². The Labute approximate surface area is 103 Å². The van der Waals surface area contributed by atoms with Crippen LogP contribution in [-0.2, 0) is 0 Å². The van der Waals surface area contributed by atoms with Gasteiger partial charge in [0.05, 0.1) is 14.2 Å². The maximum Gasteiger partial charge on any atom is 0.122 e. The summed E-state index contributed by atoms with van der Waals surface area (Å²) in [6.07, 6.45) is 3.92. The van der Waals surface area contributed by atoms with Crippen molar-refractivity contribution >= 4 is 0 Å². The van der Waals surface area contributed by atoms with Crippen molar-refractivity contribution in [2.45, 2.75) is 18.9 Å². The lowest BCUT2D eigenvalue weighted by Gasteiger charge is -2.17. The van der Waals surface area contributed by atoms with E-state index in [0.29, 0.717) is 0 Å². The maximum absolute atomic E-state index is 5.27. The molecular formula is C14H21NO2. The molecule has 1 atom stereocenters. The van der Waals surface area contributed by atoms with Gasteiger partial charge in [-0.1, -0.05) is 6.08 Å². The van der Waals surface area contributed by atoms with Gasteiger partial charge in [0.15, 0.2) is 0 Å². The van der Waals surface area contributed by atoms with Crippen molar-refractivity contribution in [2.75, 3.05) is 21.3 Å². The van der Waals surface area contributed by atoms with Gasteiger partial charge in [0, 0.05) is 12.1 Å². The fraction of sp³-hybridized carbons (Fsp3) is 0.429. The summed E-state index contributed by atoms with van der Waals surface area (Å²) in [5.74, 6) is 1.64. The van der Waals surface area contributed by atoms with Gasteiger partial charge in [0.1, 0.15) is 11.5 Å². The molecule has 0 heterocycles. The van der Waals surface area contributed by atoms with E-state index in [1.165, 1.54) is 5.56 Å². The van der Waals surface area contributed by atoms with Crippen LogP contribution in [0.4, 0.5) is 0 Å². The molecule has 94 valence electrons. The van der Waals surface area contributed by atoms with E-state index in [-0.39, 0.29) is 6.04 Å². The van der Waals surface area contributed by atoms with Gasteiger partial charge in [-0.3, -0.25) is 0 Å². The third-order valence-electron chi connectivity index (χ3n) is 2.78. The second-order valence-corrected chi connectivity index (χ2v) is 3.85. The Morgan fingerprint density at radius 2 is 1.82 bits per heavy atom. The first-order chi connectivity index (χ1) is 8.24. The molecule has 1 aromatic carbocycles. The van der Waals surface area contributed by atoms with E-state index in [1.807, 2.05) is 31.3 Å². The fourth-order valence-electron chi connectivity index (χ4n) is 1.79. The summed E-state index contributed by atoms with van der Waals surface area (Å²) in [5, 5.41) is 3.30. The van der Waals surface area contributed by atoms with E-state index in [2.05, 4.69) is 11.9 Å². The second-order valence-electron chi connectivity index (χ2n) is 3.85. The van der Waals surface area contributed by atoms with Crippen LogP contribution in [0.15, 0.2) is 30.9 Å². The molecule has 0 fully saturated rings. The van der Waals surface area contributed by atoms with Crippen molar-refractivity contribution in [3.8, 4) is 11.5 Å². The summed E-state index contributed by atoms with van der Waals surface area (Å²) in [6, 6.07) is 6.24. The van der Waals surface area contributed by atoms with Crippen LogP contribution in [0.25, 0.3) is 0 Å². The fourth-order valence-corrected chi connectivity index (χ4v) is 1.79. The zero-order valence-electron chi connectivity index (χ0n) is 10.8. The highest BCUT2D eigenvalue weighted by Crippen LogP contribution is 2.28. The zero-order chi connectivity index (χ0) is 12.7. The molecule has 0 bridgehead atoms. The molecule has 0 aliphatic rings. The molecule has 0 saturated heterocycles. The number of hydrogen-bond acceptors (Lipinski definition) is 3. The standard InChI is InChI=1S/C14H21NO2/c1-5-6-7-14(15-2)11-8-12(16-3)10-13(9-11)17-4/h5,8-10,14-15H,1,6-7H2,2-4H3. The zero-order valence-corrected chi connectivity index (χ0v) is 10.8. The molecule has 0 spiro atoms. The Balaban J connectivity index is 2.96. The molecule has 0 saturated carbocycles. The van der Waals surface area contributed by atoms with Gasteiger partial charge in [-0.25, -0.2) is 0 Å². The van der Waals surface area contributed by atoms with Crippen molar-refractivity contribution in [3.05, 3.63) is 36.4 Å². The van der Waals surface area contributed by atoms with Crippen molar-refractivity contribution in [1.82, 2.24) is 5.32 Å². The SMILES string of the molecule is C=CCCC(NC)c1cc(OC)cc(OC)c1. The molecule has 1 aromatic rings. The van der Waals surface area contributed by atoms with Gasteiger partial charge in [0.2, 0.25) is 0 Å². The summed E-state index contributed by atoms with van der Waals surface area (Å²) in [6.45, 7) is 3.75. The topological polar surface area (TPSA) is 30.5 Å². The predicted molar refractivity (Wildman–Crippen MR) is 70.8 cm³/mol. The molecule has 1 rings (SSSR count). The minimum atomic E-state index is 0.289. The predicted octanol–water partition coefficient (Wildman–Crippen LogP) is 2.93. The number of hydrogen-bond donors (Lipinski definition) is 1. The smallest absolute Gasteiger partial charge is 0.122 e. The highest BCUT2D eigenvalue weighted by Gasteiger charge is 2.11. The first-order valence-electron chi connectivity index (χ1n) is 5.76. The lowest BCUT2D eigenvalue weighted by molar-refractivity contribution is 0.391. The Morgan fingerprint density at radius 1 is 1.24 bits per heavy atom. The van der Waals surface area contributed by atoms with Crippen LogP contribution in [0.1, 0.15) is 24.4 Å². The molecule has 1 unspecified atom stereocenters. The van der Waals surface area contributed by atoms with Crippen LogP contribution in [0.3, 0.4) is 0 Å². The van der Waals surface area contributed by atoms with Gasteiger partial charge < -0.3 is 14.8 Å². The molecular weight excluding hydrogens is 214 g/mol. The van der Waals surface area contributed by atoms with E-state index in [4.69, 9.17) is 9.47 Å². The number of methoxy groups -OCH3 is 2. The van der Waals surface area contributed by atoms with E-state index < -0.39 is 0 Å². The molecule has 1 N–H and O–H groups in total. The first kappa shape index (κ1) is 13.6.